The summed E-state index contributed by atoms with van der Waals surface area (Å²) < 4.78 is 21.7. The maximum Gasteiger partial charge on any atom is 0.251 e. The molecule has 2 bridgehead atoms. The van der Waals surface area contributed by atoms with Crippen molar-refractivity contribution in [1.29, 1.82) is 0 Å². The maximum atomic E-state index is 12.6. The molecule has 2 aliphatic heterocycles. The zero-order valence-electron chi connectivity index (χ0n) is 13.6. The first-order chi connectivity index (χ1) is 11.8. The summed E-state index contributed by atoms with van der Waals surface area (Å²) in [5, 5.41) is 22.1. The second-order valence-electron chi connectivity index (χ2n) is 6.78. The Morgan fingerprint density at radius 3 is 2.60 bits per heavy atom. The van der Waals surface area contributed by atoms with Gasteiger partial charge in [-0.25, -0.2) is 0 Å². The summed E-state index contributed by atoms with van der Waals surface area (Å²) >= 11 is 0. The Kier molecular flexibility index (Phi) is 3.50. The first kappa shape index (κ1) is 16.2. The largest absolute Gasteiger partial charge is 0.454 e. The van der Waals surface area contributed by atoms with E-state index in [1.807, 2.05) is 0 Å². The highest BCUT2D eigenvalue weighted by Crippen LogP contribution is 2.44. The number of rotatable bonds is 2. The van der Waals surface area contributed by atoms with Crippen molar-refractivity contribution < 1.29 is 33.8 Å². The molecular formula is C16H17NO8. The summed E-state index contributed by atoms with van der Waals surface area (Å²) in [5.74, 6) is -1.63. The van der Waals surface area contributed by atoms with Crippen LogP contribution >= 0.6 is 0 Å². The predicted octanol–water partition coefficient (Wildman–Crippen LogP) is 0.608. The third-order valence-electron chi connectivity index (χ3n) is 4.76. The van der Waals surface area contributed by atoms with Crippen LogP contribution in [0.3, 0.4) is 0 Å². The molecule has 0 spiro atoms. The average molecular weight is 351 g/mol. The number of ketones is 1. The summed E-state index contributed by atoms with van der Waals surface area (Å²) in [7, 11) is 0. The highest BCUT2D eigenvalue weighted by molar-refractivity contribution is 5.91. The van der Waals surface area contributed by atoms with Gasteiger partial charge < -0.3 is 24.1 Å². The van der Waals surface area contributed by atoms with Gasteiger partial charge in [0.25, 0.3) is 6.04 Å². The molecule has 1 saturated carbocycles. The number of Topliss-reactive ketones (excluding diaryl/α,β-unsaturated/α-hetero) is 1. The number of aliphatic hydroxyl groups excluding tert-OH is 1. The van der Waals surface area contributed by atoms with E-state index < -0.39 is 46.8 Å². The van der Waals surface area contributed by atoms with Gasteiger partial charge in [-0.15, -0.1) is 0 Å². The van der Waals surface area contributed by atoms with Crippen LogP contribution in [-0.4, -0.2) is 52.7 Å². The number of nitrogens with zero attached hydrogens (tertiary/aromatic N) is 1. The van der Waals surface area contributed by atoms with Crippen molar-refractivity contribution in [3.63, 3.8) is 0 Å². The quantitative estimate of drug-likeness (QED) is 0.608. The summed E-state index contributed by atoms with van der Waals surface area (Å²) in [6.07, 6.45) is -3.94. The van der Waals surface area contributed by atoms with E-state index in [-0.39, 0.29) is 6.79 Å². The highest BCUT2D eigenvalue weighted by atomic mass is 16.7. The van der Waals surface area contributed by atoms with Crippen molar-refractivity contribution in [3.05, 3.63) is 33.9 Å². The standard InChI is InChI=1S/C16H17NO8/c1-16(2)24-14-10(7-3-4-8-9(5-7)23-6-22-8)11(17(20)21)12(18)15(25-16)13(14)19/h3-5,10-12,14-15,18H,6H2,1-2H3/t10-,11-,12-,14?,15?/m0/s1. The Bertz CT molecular complexity index is 748. The van der Waals surface area contributed by atoms with Gasteiger partial charge in [-0.3, -0.25) is 14.9 Å². The first-order valence-corrected chi connectivity index (χ1v) is 7.89. The SMILES string of the molecule is CC1(C)OC2C(=O)C(O1)[C@@H](c1ccc3c(c1)OCO3)[C@H]([N+](=O)[O-])[C@@H]2O. The lowest BCUT2D eigenvalue weighted by Crippen LogP contribution is -2.67. The third-order valence-corrected chi connectivity index (χ3v) is 4.76. The fourth-order valence-electron chi connectivity index (χ4n) is 3.72. The zero-order chi connectivity index (χ0) is 17.9. The molecule has 1 aromatic rings. The Morgan fingerprint density at radius 1 is 1.20 bits per heavy atom. The summed E-state index contributed by atoms with van der Waals surface area (Å²) in [5.41, 5.74) is 0.472. The number of ether oxygens (including phenoxy) is 4. The molecule has 0 radical (unpaired) electrons. The van der Waals surface area contributed by atoms with Gasteiger partial charge in [-0.2, -0.15) is 0 Å². The summed E-state index contributed by atoms with van der Waals surface area (Å²) in [6.45, 7) is 3.28. The second-order valence-corrected chi connectivity index (χ2v) is 6.78. The topological polar surface area (TPSA) is 117 Å². The van der Waals surface area contributed by atoms with Crippen LogP contribution in [0.5, 0.6) is 11.5 Å². The molecule has 1 N–H and O–H groups in total. The van der Waals surface area contributed by atoms with Gasteiger partial charge in [0.05, 0.1) is 5.92 Å². The Morgan fingerprint density at radius 2 is 1.88 bits per heavy atom. The monoisotopic (exact) mass is 351 g/mol. The molecule has 2 fully saturated rings. The van der Waals surface area contributed by atoms with E-state index >= 15 is 0 Å². The van der Waals surface area contributed by atoms with Crippen LogP contribution in [0, 0.1) is 10.1 Å². The molecule has 2 unspecified atom stereocenters. The van der Waals surface area contributed by atoms with Crippen LogP contribution in [-0.2, 0) is 14.3 Å². The number of fused-ring (bicyclic) bond motifs is 3. The Labute approximate surface area is 142 Å². The van der Waals surface area contributed by atoms with Crippen molar-refractivity contribution in [3.8, 4) is 11.5 Å². The van der Waals surface area contributed by atoms with Crippen molar-refractivity contribution in [1.82, 2.24) is 0 Å². The average Bonchev–Trinajstić information content (AvgIpc) is 2.99. The van der Waals surface area contributed by atoms with Crippen molar-refractivity contribution >= 4 is 5.78 Å². The van der Waals surface area contributed by atoms with Crippen molar-refractivity contribution in [2.24, 2.45) is 0 Å². The van der Waals surface area contributed by atoms with Gasteiger partial charge in [-0.05, 0) is 31.5 Å². The minimum absolute atomic E-state index is 0.0621. The summed E-state index contributed by atoms with van der Waals surface area (Å²) in [4.78, 5) is 23.7. The fourth-order valence-corrected chi connectivity index (χ4v) is 3.72. The van der Waals surface area contributed by atoms with Crippen molar-refractivity contribution in [2.45, 2.75) is 49.9 Å². The second kappa shape index (κ2) is 5.38. The molecule has 1 aliphatic carbocycles. The number of benzene rings is 1. The first-order valence-electron chi connectivity index (χ1n) is 7.89. The molecule has 3 aliphatic rings. The zero-order valence-corrected chi connectivity index (χ0v) is 13.6. The normalized spacial score (nSPS) is 35.5. The summed E-state index contributed by atoms with van der Waals surface area (Å²) in [6, 6.07) is 3.41. The number of nitro groups is 1. The van der Waals surface area contributed by atoms with Gasteiger partial charge in [-0.1, -0.05) is 6.07 Å². The molecule has 0 amide bonds. The van der Waals surface area contributed by atoms with Crippen LogP contribution < -0.4 is 9.47 Å². The number of hydrogen-bond acceptors (Lipinski definition) is 8. The Balaban J connectivity index is 1.81. The van der Waals surface area contributed by atoms with E-state index in [0.29, 0.717) is 17.1 Å². The predicted molar refractivity (Wildman–Crippen MR) is 80.9 cm³/mol. The molecule has 0 aromatic heterocycles. The number of aliphatic hydroxyl groups is 1. The molecule has 2 heterocycles. The molecule has 5 atom stereocenters. The van der Waals surface area contributed by atoms with Gasteiger partial charge >= 0.3 is 0 Å². The lowest BCUT2D eigenvalue weighted by atomic mass is 9.73. The number of carbonyl (C=O) groups excluding carboxylic acids is 1. The molecule has 134 valence electrons. The van der Waals surface area contributed by atoms with Gasteiger partial charge in [0.2, 0.25) is 6.79 Å². The van der Waals surface area contributed by atoms with E-state index in [9.17, 15) is 20.0 Å². The maximum absolute atomic E-state index is 12.6. The lowest BCUT2D eigenvalue weighted by Gasteiger charge is -2.48. The van der Waals surface area contributed by atoms with E-state index in [1.54, 1.807) is 32.0 Å². The van der Waals surface area contributed by atoms with Gasteiger partial charge in [0.1, 0.15) is 6.10 Å². The van der Waals surface area contributed by atoms with Crippen molar-refractivity contribution in [2.75, 3.05) is 6.79 Å². The Hall–Kier alpha value is -2.23. The molecule has 25 heavy (non-hydrogen) atoms. The van der Waals surface area contributed by atoms with Crippen LogP contribution in [0.2, 0.25) is 0 Å². The molecule has 1 aromatic carbocycles. The molecule has 4 rings (SSSR count). The number of hydrogen-bond donors (Lipinski definition) is 1. The molecule has 9 nitrogen and oxygen atoms in total. The third kappa shape index (κ3) is 2.46. The van der Waals surface area contributed by atoms with E-state index in [1.165, 1.54) is 0 Å². The minimum atomic E-state index is -1.57. The number of carbonyl (C=O) groups is 1. The van der Waals surface area contributed by atoms with Crippen LogP contribution in [0.1, 0.15) is 25.3 Å². The minimum Gasteiger partial charge on any atom is -0.454 e. The molecular weight excluding hydrogens is 334 g/mol. The molecule has 9 heteroatoms. The van der Waals surface area contributed by atoms with Crippen LogP contribution in [0.4, 0.5) is 0 Å². The van der Waals surface area contributed by atoms with E-state index in [2.05, 4.69) is 0 Å². The van der Waals surface area contributed by atoms with Gasteiger partial charge in [0.15, 0.2) is 35.3 Å². The molecule has 1 saturated heterocycles. The van der Waals surface area contributed by atoms with Gasteiger partial charge in [0, 0.05) is 4.92 Å². The van der Waals surface area contributed by atoms with Crippen LogP contribution in [0.15, 0.2) is 18.2 Å². The van der Waals surface area contributed by atoms with E-state index in [4.69, 9.17) is 18.9 Å². The van der Waals surface area contributed by atoms with E-state index in [0.717, 1.165) is 0 Å². The smallest absolute Gasteiger partial charge is 0.251 e. The van der Waals surface area contributed by atoms with Crippen LogP contribution in [0.25, 0.3) is 0 Å². The highest BCUT2D eigenvalue weighted by Gasteiger charge is 2.62. The lowest BCUT2D eigenvalue weighted by molar-refractivity contribution is -0.550. The fraction of sp³-hybridized carbons (Fsp3) is 0.562.